The zero-order valence-corrected chi connectivity index (χ0v) is 16.8. The number of H-pyrrole nitrogens is 1. The quantitative estimate of drug-likeness (QED) is 0.600. The number of nitrogen functional groups attached to an aromatic ring is 1. The summed E-state index contributed by atoms with van der Waals surface area (Å²) in [7, 11) is 0. The van der Waals surface area contributed by atoms with Crippen LogP contribution in [0.25, 0.3) is 6.08 Å². The molecule has 0 saturated heterocycles. The first-order valence-electron chi connectivity index (χ1n) is 9.68. The van der Waals surface area contributed by atoms with Gasteiger partial charge in [0, 0.05) is 5.92 Å². The van der Waals surface area contributed by atoms with Gasteiger partial charge in [0.2, 0.25) is 11.1 Å². The number of nitrogens with zero attached hydrogens (tertiary/aromatic N) is 4. The average molecular weight is 424 g/mol. The van der Waals surface area contributed by atoms with E-state index in [0.717, 1.165) is 42.1 Å². The predicted octanol–water partition coefficient (Wildman–Crippen LogP) is 3.49. The summed E-state index contributed by atoms with van der Waals surface area (Å²) in [4.78, 5) is 17.2. The van der Waals surface area contributed by atoms with Gasteiger partial charge in [0.15, 0.2) is 0 Å². The molecule has 3 aromatic heterocycles. The van der Waals surface area contributed by atoms with Crippen LogP contribution in [0.2, 0.25) is 0 Å². The highest BCUT2D eigenvalue weighted by atomic mass is 32.2. The number of carbonyl (C=O) groups is 1. The van der Waals surface area contributed by atoms with Gasteiger partial charge in [0.25, 0.3) is 5.91 Å². The van der Waals surface area contributed by atoms with Crippen LogP contribution in [0.4, 0.5) is 5.95 Å². The van der Waals surface area contributed by atoms with Gasteiger partial charge < -0.3 is 14.6 Å². The second kappa shape index (κ2) is 7.86. The first-order valence-corrected chi connectivity index (χ1v) is 10.7. The van der Waals surface area contributed by atoms with Crippen LogP contribution in [0, 0.1) is 5.92 Å². The molecule has 3 N–H and O–H groups in total. The summed E-state index contributed by atoms with van der Waals surface area (Å²) in [5, 5.41) is 13.3. The third-order valence-electron chi connectivity index (χ3n) is 5.26. The molecule has 1 saturated carbocycles. The van der Waals surface area contributed by atoms with Crippen molar-refractivity contribution in [3.63, 3.8) is 0 Å². The molecule has 10 heteroatoms. The van der Waals surface area contributed by atoms with E-state index in [9.17, 15) is 4.79 Å². The number of amides is 1. The summed E-state index contributed by atoms with van der Waals surface area (Å²) in [6.07, 6.45) is 8.15. The van der Waals surface area contributed by atoms with Crippen LogP contribution in [-0.4, -0.2) is 37.6 Å². The van der Waals surface area contributed by atoms with Gasteiger partial charge >= 0.3 is 0 Å². The fourth-order valence-electron chi connectivity index (χ4n) is 4.01. The number of hydrogen-bond acceptors (Lipinski definition) is 8. The molecule has 2 unspecified atom stereocenters. The van der Waals surface area contributed by atoms with Crippen LogP contribution < -0.4 is 5.73 Å². The van der Waals surface area contributed by atoms with Crippen molar-refractivity contribution in [1.82, 2.24) is 20.2 Å². The molecule has 1 amide bonds. The molecule has 4 heterocycles. The Bertz CT molecular complexity index is 1090. The van der Waals surface area contributed by atoms with E-state index in [1.807, 2.05) is 30.3 Å². The highest BCUT2D eigenvalue weighted by Crippen LogP contribution is 2.44. The van der Waals surface area contributed by atoms with Crippen LogP contribution in [0.1, 0.15) is 36.8 Å². The monoisotopic (exact) mass is 424 g/mol. The molecule has 1 fully saturated rings. The number of aromatic amines is 1. The summed E-state index contributed by atoms with van der Waals surface area (Å²) < 4.78 is 11.2. The molecule has 0 radical (unpaired) electrons. The van der Waals surface area contributed by atoms with Crippen molar-refractivity contribution in [2.75, 3.05) is 11.5 Å². The second-order valence-electron chi connectivity index (χ2n) is 7.16. The summed E-state index contributed by atoms with van der Waals surface area (Å²) in [6, 6.07) is 7.25. The highest BCUT2D eigenvalue weighted by molar-refractivity contribution is 7.99. The maximum atomic E-state index is 13.1. The average Bonchev–Trinajstić information content (AvgIpc) is 3.52. The number of hydrogen-bond donors (Lipinski definition) is 2. The number of nitrogens with one attached hydrogen (secondary N) is 1. The molecule has 1 aliphatic heterocycles. The van der Waals surface area contributed by atoms with E-state index in [1.165, 1.54) is 11.8 Å². The fraction of sp³-hybridized carbons (Fsp3) is 0.300. The minimum atomic E-state index is -0.263. The summed E-state index contributed by atoms with van der Waals surface area (Å²) in [5.74, 6) is 1.83. The zero-order valence-electron chi connectivity index (χ0n) is 16.0. The van der Waals surface area contributed by atoms with E-state index in [2.05, 4.69) is 15.2 Å². The Hall–Kier alpha value is -3.27. The third kappa shape index (κ3) is 3.54. The Balaban J connectivity index is 1.44. The van der Waals surface area contributed by atoms with Crippen LogP contribution in [0.5, 0.6) is 0 Å². The molecular weight excluding hydrogens is 404 g/mol. The van der Waals surface area contributed by atoms with Gasteiger partial charge in [-0.25, -0.2) is 10.1 Å². The maximum absolute atomic E-state index is 13.1. The number of thioether (sulfide) groups is 1. The lowest BCUT2D eigenvalue weighted by molar-refractivity contribution is -0.131. The summed E-state index contributed by atoms with van der Waals surface area (Å²) in [6.45, 7) is 0. The van der Waals surface area contributed by atoms with Gasteiger partial charge in [-0.1, -0.05) is 11.8 Å². The van der Waals surface area contributed by atoms with E-state index in [-0.39, 0.29) is 29.6 Å². The summed E-state index contributed by atoms with van der Waals surface area (Å²) in [5.41, 5.74) is 7.59. The van der Waals surface area contributed by atoms with E-state index in [1.54, 1.807) is 17.5 Å². The molecule has 0 aromatic carbocycles. The van der Waals surface area contributed by atoms with Crippen molar-refractivity contribution in [3.05, 3.63) is 53.9 Å². The molecule has 2 atom stereocenters. The lowest BCUT2D eigenvalue weighted by Crippen LogP contribution is -2.32. The van der Waals surface area contributed by atoms with Crippen molar-refractivity contribution in [3.8, 4) is 0 Å². The topological polar surface area (TPSA) is 127 Å². The first kappa shape index (κ1) is 18.7. The van der Waals surface area contributed by atoms with Crippen LogP contribution in [0.15, 0.2) is 61.5 Å². The Kier molecular flexibility index (Phi) is 4.91. The normalized spacial score (nSPS) is 22.3. The number of furan rings is 2. The Morgan fingerprint density at radius 1 is 1.33 bits per heavy atom. The highest BCUT2D eigenvalue weighted by Gasteiger charge is 2.45. The van der Waals surface area contributed by atoms with Crippen molar-refractivity contribution < 1.29 is 13.6 Å². The fourth-order valence-corrected chi connectivity index (χ4v) is 4.66. The zero-order chi connectivity index (χ0) is 20.5. The molecule has 30 heavy (non-hydrogen) atoms. The molecular formula is C20H20N6O3S. The first-order chi connectivity index (χ1) is 14.7. The number of aromatic nitrogens is 3. The van der Waals surface area contributed by atoms with E-state index < -0.39 is 0 Å². The van der Waals surface area contributed by atoms with Gasteiger partial charge in [0.1, 0.15) is 17.6 Å². The second-order valence-corrected chi connectivity index (χ2v) is 8.10. The number of anilines is 1. The lowest BCUT2D eigenvalue weighted by Gasteiger charge is -2.27. The van der Waals surface area contributed by atoms with Gasteiger partial charge in [0.05, 0.1) is 24.0 Å². The summed E-state index contributed by atoms with van der Waals surface area (Å²) >= 11 is 1.22. The maximum Gasteiger partial charge on any atom is 0.253 e. The van der Waals surface area contributed by atoms with Crippen molar-refractivity contribution in [1.29, 1.82) is 0 Å². The van der Waals surface area contributed by atoms with Crippen molar-refractivity contribution in [2.24, 2.45) is 11.0 Å². The number of allylic oxidation sites excluding steroid dienone is 1. The Morgan fingerprint density at radius 3 is 2.93 bits per heavy atom. The van der Waals surface area contributed by atoms with Gasteiger partial charge in [-0.15, -0.1) is 5.10 Å². The van der Waals surface area contributed by atoms with Gasteiger partial charge in [-0.2, -0.15) is 10.1 Å². The molecule has 5 rings (SSSR count). The molecule has 9 nitrogen and oxygen atoms in total. The number of nitrogens with two attached hydrogens (primary N) is 1. The molecule has 1 aliphatic carbocycles. The smallest absolute Gasteiger partial charge is 0.253 e. The van der Waals surface area contributed by atoms with E-state index in [0.29, 0.717) is 5.16 Å². The van der Waals surface area contributed by atoms with Crippen LogP contribution >= 0.6 is 11.8 Å². The third-order valence-corrected chi connectivity index (χ3v) is 6.09. The number of hydrazone groups is 1. The minimum absolute atomic E-state index is 0.0826. The number of carbonyl (C=O) groups excluding carboxylic acids is 1. The molecule has 0 spiro atoms. The lowest BCUT2D eigenvalue weighted by atomic mass is 9.79. The Labute approximate surface area is 176 Å². The molecule has 154 valence electrons. The Morgan fingerprint density at radius 2 is 2.20 bits per heavy atom. The van der Waals surface area contributed by atoms with Crippen molar-refractivity contribution in [2.45, 2.75) is 30.5 Å². The molecule has 0 bridgehead atoms. The molecule has 2 aliphatic rings. The van der Waals surface area contributed by atoms with E-state index in [4.69, 9.17) is 19.7 Å². The molecule has 3 aromatic rings. The minimum Gasteiger partial charge on any atom is -0.467 e. The van der Waals surface area contributed by atoms with Crippen molar-refractivity contribution >= 4 is 35.4 Å². The van der Waals surface area contributed by atoms with Crippen LogP contribution in [-0.2, 0) is 4.79 Å². The SMILES string of the molecule is Nc1nc(SCC(=O)N2N=C3/C(=C\c4ccco4)CCCC3C2c2ccco2)n[nH]1. The number of fused-ring (bicyclic) bond motifs is 1. The van der Waals surface area contributed by atoms with E-state index >= 15 is 0 Å². The predicted molar refractivity (Wildman–Crippen MR) is 111 cm³/mol. The number of rotatable bonds is 5. The van der Waals surface area contributed by atoms with Crippen LogP contribution in [0.3, 0.4) is 0 Å². The van der Waals surface area contributed by atoms with Gasteiger partial charge in [-0.3, -0.25) is 4.79 Å². The standard InChI is InChI=1S/C20H20N6O3S/c21-19-22-20(24-23-19)30-11-16(27)26-18(15-7-3-9-29-15)14-6-1-4-12(17(14)25-26)10-13-5-2-8-28-13/h2-3,5,7-10,14,18H,1,4,6,11H2,(H3,21,22,23,24)/b12-10-. The van der Waals surface area contributed by atoms with Gasteiger partial charge in [-0.05, 0) is 55.2 Å². The largest absolute Gasteiger partial charge is 0.467 e.